The highest BCUT2D eigenvalue weighted by molar-refractivity contribution is 8.00. The van der Waals surface area contributed by atoms with Crippen molar-refractivity contribution >= 4 is 29.3 Å². The SMILES string of the molecule is N#Cc1ccccc1NC(=O)CSCC(N)=O. The Kier molecular flexibility index (Phi) is 5.04. The molecule has 0 unspecified atom stereocenters. The van der Waals surface area contributed by atoms with Crippen LogP contribution in [0.15, 0.2) is 24.3 Å². The minimum Gasteiger partial charge on any atom is -0.369 e. The lowest BCUT2D eigenvalue weighted by Gasteiger charge is -2.05. The fourth-order valence-corrected chi connectivity index (χ4v) is 1.68. The smallest absolute Gasteiger partial charge is 0.234 e. The number of amides is 2. The molecular formula is C11H11N3O2S. The number of carbonyl (C=O) groups excluding carboxylic acids is 2. The lowest BCUT2D eigenvalue weighted by atomic mass is 10.2. The second-order valence-electron chi connectivity index (χ2n) is 3.16. The Bertz CT molecular complexity index is 468. The molecule has 1 aromatic rings. The van der Waals surface area contributed by atoms with Crippen molar-refractivity contribution in [3.05, 3.63) is 29.8 Å². The lowest BCUT2D eigenvalue weighted by molar-refractivity contribution is -0.115. The average Bonchev–Trinajstić information content (AvgIpc) is 2.29. The van der Waals surface area contributed by atoms with Crippen LogP contribution in [0.25, 0.3) is 0 Å². The maximum Gasteiger partial charge on any atom is 0.234 e. The first-order valence-corrected chi connectivity index (χ1v) is 5.94. The first-order chi connectivity index (χ1) is 8.13. The molecule has 1 rings (SSSR count). The number of nitriles is 1. The van der Waals surface area contributed by atoms with Gasteiger partial charge in [-0.15, -0.1) is 11.8 Å². The molecule has 0 saturated heterocycles. The summed E-state index contributed by atoms with van der Waals surface area (Å²) in [4.78, 5) is 21.9. The molecule has 17 heavy (non-hydrogen) atoms. The van der Waals surface area contributed by atoms with Crippen molar-refractivity contribution in [2.24, 2.45) is 5.73 Å². The molecule has 6 heteroatoms. The van der Waals surface area contributed by atoms with E-state index >= 15 is 0 Å². The van der Waals surface area contributed by atoms with Crippen LogP contribution in [0.2, 0.25) is 0 Å². The number of nitrogens with zero attached hydrogens (tertiary/aromatic N) is 1. The molecule has 0 fully saturated rings. The van der Waals surface area contributed by atoms with Gasteiger partial charge in [0, 0.05) is 0 Å². The van der Waals surface area contributed by atoms with Gasteiger partial charge in [-0.3, -0.25) is 9.59 Å². The van der Waals surface area contributed by atoms with Crippen LogP contribution in [0.3, 0.4) is 0 Å². The summed E-state index contributed by atoms with van der Waals surface area (Å²) in [6, 6.07) is 8.69. The zero-order valence-corrected chi connectivity index (χ0v) is 9.79. The number of rotatable bonds is 5. The summed E-state index contributed by atoms with van der Waals surface area (Å²) in [5, 5.41) is 11.4. The van der Waals surface area contributed by atoms with Crippen LogP contribution >= 0.6 is 11.8 Å². The monoisotopic (exact) mass is 249 g/mol. The third-order valence-corrected chi connectivity index (χ3v) is 2.75. The summed E-state index contributed by atoms with van der Waals surface area (Å²) >= 11 is 1.13. The number of nitrogens with two attached hydrogens (primary N) is 1. The Labute approximate surface area is 103 Å². The van der Waals surface area contributed by atoms with Gasteiger partial charge in [-0.1, -0.05) is 12.1 Å². The molecule has 2 amide bonds. The number of para-hydroxylation sites is 1. The lowest BCUT2D eigenvalue weighted by Crippen LogP contribution is -2.18. The number of thioether (sulfide) groups is 1. The van der Waals surface area contributed by atoms with E-state index in [1.165, 1.54) is 0 Å². The van der Waals surface area contributed by atoms with Gasteiger partial charge in [0.1, 0.15) is 6.07 Å². The highest BCUT2D eigenvalue weighted by Gasteiger charge is 2.06. The fourth-order valence-electron chi connectivity index (χ4n) is 1.12. The second-order valence-corrected chi connectivity index (χ2v) is 4.15. The van der Waals surface area contributed by atoms with Gasteiger partial charge in [-0.05, 0) is 12.1 Å². The number of primary amides is 1. The van der Waals surface area contributed by atoms with Crippen molar-refractivity contribution in [2.45, 2.75) is 0 Å². The molecule has 0 atom stereocenters. The van der Waals surface area contributed by atoms with Gasteiger partial charge < -0.3 is 11.1 Å². The van der Waals surface area contributed by atoms with E-state index in [9.17, 15) is 9.59 Å². The molecule has 0 saturated carbocycles. The molecule has 0 heterocycles. The largest absolute Gasteiger partial charge is 0.369 e. The maximum absolute atomic E-state index is 11.5. The van der Waals surface area contributed by atoms with Gasteiger partial charge in [-0.2, -0.15) is 5.26 Å². The zero-order valence-electron chi connectivity index (χ0n) is 8.97. The highest BCUT2D eigenvalue weighted by atomic mass is 32.2. The molecule has 0 spiro atoms. The number of hydrogen-bond donors (Lipinski definition) is 2. The van der Waals surface area contributed by atoms with Gasteiger partial charge >= 0.3 is 0 Å². The van der Waals surface area contributed by atoms with Crippen molar-refractivity contribution in [2.75, 3.05) is 16.8 Å². The first kappa shape index (κ1) is 13.1. The average molecular weight is 249 g/mol. The first-order valence-electron chi connectivity index (χ1n) is 4.78. The maximum atomic E-state index is 11.5. The molecule has 0 aliphatic rings. The number of carbonyl (C=O) groups is 2. The highest BCUT2D eigenvalue weighted by Crippen LogP contribution is 2.13. The summed E-state index contributed by atoms with van der Waals surface area (Å²) in [6.07, 6.45) is 0. The van der Waals surface area contributed by atoms with Crippen LogP contribution in [0, 0.1) is 11.3 Å². The Morgan fingerprint density at radius 2 is 2.06 bits per heavy atom. The van der Waals surface area contributed by atoms with Gasteiger partial charge in [0.05, 0.1) is 22.8 Å². The summed E-state index contributed by atoms with van der Waals surface area (Å²) < 4.78 is 0. The normalized spacial score (nSPS) is 9.35. The fraction of sp³-hybridized carbons (Fsp3) is 0.182. The standard InChI is InChI=1S/C11H11N3O2S/c12-5-8-3-1-2-4-9(8)14-11(16)7-17-6-10(13)15/h1-4H,6-7H2,(H2,13,15)(H,14,16). The van der Waals surface area contributed by atoms with Crippen LogP contribution in [0.5, 0.6) is 0 Å². The summed E-state index contributed by atoms with van der Waals surface area (Å²) in [5.41, 5.74) is 5.82. The van der Waals surface area contributed by atoms with Crippen molar-refractivity contribution in [3.63, 3.8) is 0 Å². The van der Waals surface area contributed by atoms with Gasteiger partial charge in [-0.25, -0.2) is 0 Å². The third kappa shape index (κ3) is 4.57. The predicted molar refractivity (Wildman–Crippen MR) is 66.3 cm³/mol. The van der Waals surface area contributed by atoms with Crippen molar-refractivity contribution in [1.82, 2.24) is 0 Å². The topological polar surface area (TPSA) is 96.0 Å². The summed E-state index contributed by atoms with van der Waals surface area (Å²) in [7, 11) is 0. The third-order valence-electron chi connectivity index (χ3n) is 1.80. The van der Waals surface area contributed by atoms with Crippen LogP contribution < -0.4 is 11.1 Å². The molecule has 0 aliphatic heterocycles. The predicted octanol–water partition coefficient (Wildman–Crippen LogP) is 0.715. The van der Waals surface area contributed by atoms with E-state index in [2.05, 4.69) is 5.32 Å². The summed E-state index contributed by atoms with van der Waals surface area (Å²) in [6.45, 7) is 0. The van der Waals surface area contributed by atoms with E-state index in [4.69, 9.17) is 11.0 Å². The minimum absolute atomic E-state index is 0.104. The van der Waals surface area contributed by atoms with Crippen LogP contribution in [0.4, 0.5) is 5.69 Å². The van der Waals surface area contributed by atoms with E-state index in [1.54, 1.807) is 24.3 Å². The second kappa shape index (κ2) is 6.55. The van der Waals surface area contributed by atoms with Crippen molar-refractivity contribution in [3.8, 4) is 6.07 Å². The summed E-state index contributed by atoms with van der Waals surface area (Å²) in [5.74, 6) is -0.491. The van der Waals surface area contributed by atoms with E-state index in [0.717, 1.165) is 11.8 Å². The number of anilines is 1. The van der Waals surface area contributed by atoms with Crippen molar-refractivity contribution in [1.29, 1.82) is 5.26 Å². The molecule has 1 aromatic carbocycles. The quantitative estimate of drug-likeness (QED) is 0.803. The number of benzene rings is 1. The van der Waals surface area contributed by atoms with E-state index < -0.39 is 5.91 Å². The molecule has 0 aliphatic carbocycles. The number of hydrogen-bond acceptors (Lipinski definition) is 4. The van der Waals surface area contributed by atoms with Gasteiger partial charge in [0.2, 0.25) is 11.8 Å². The van der Waals surface area contributed by atoms with Crippen LogP contribution in [0.1, 0.15) is 5.56 Å². The molecule has 0 aromatic heterocycles. The Morgan fingerprint density at radius 1 is 1.35 bits per heavy atom. The molecule has 5 nitrogen and oxygen atoms in total. The van der Waals surface area contributed by atoms with Crippen molar-refractivity contribution < 1.29 is 9.59 Å². The zero-order chi connectivity index (χ0) is 12.7. The van der Waals surface area contributed by atoms with E-state index in [1.807, 2.05) is 6.07 Å². The Balaban J connectivity index is 2.51. The van der Waals surface area contributed by atoms with Crippen LogP contribution in [-0.4, -0.2) is 23.3 Å². The molecule has 0 radical (unpaired) electrons. The minimum atomic E-state index is -0.458. The van der Waals surface area contributed by atoms with E-state index in [0.29, 0.717) is 11.3 Å². The molecule has 0 bridgehead atoms. The molecule has 88 valence electrons. The van der Waals surface area contributed by atoms with Gasteiger partial charge in [0.15, 0.2) is 0 Å². The van der Waals surface area contributed by atoms with Crippen LogP contribution in [-0.2, 0) is 9.59 Å². The molecule has 3 N–H and O–H groups in total. The molecular weight excluding hydrogens is 238 g/mol. The Morgan fingerprint density at radius 3 is 2.71 bits per heavy atom. The number of nitrogens with one attached hydrogen (secondary N) is 1. The Hall–Kier alpha value is -2.00. The van der Waals surface area contributed by atoms with Gasteiger partial charge in [0.25, 0.3) is 0 Å². The van der Waals surface area contributed by atoms with E-state index in [-0.39, 0.29) is 17.4 Å².